The van der Waals surface area contributed by atoms with Gasteiger partial charge in [0.05, 0.1) is 11.6 Å². The molecule has 0 bridgehead atoms. The van der Waals surface area contributed by atoms with Crippen molar-refractivity contribution in [2.24, 2.45) is 0 Å². The molecule has 1 amide bonds. The summed E-state index contributed by atoms with van der Waals surface area (Å²) in [7, 11) is 1.65. The van der Waals surface area contributed by atoms with Crippen LogP contribution in [0.5, 0.6) is 0 Å². The quantitative estimate of drug-likeness (QED) is 0.883. The number of carbonyl (C=O) groups is 1. The van der Waals surface area contributed by atoms with E-state index in [0.717, 1.165) is 0 Å². The van der Waals surface area contributed by atoms with Gasteiger partial charge >= 0.3 is 0 Å². The van der Waals surface area contributed by atoms with Gasteiger partial charge in [-0.05, 0) is 36.4 Å². The SMILES string of the molecule is CN(C(=O)c1cccc(N)n1)c1ccc(C#N)cc1. The molecule has 0 aliphatic heterocycles. The van der Waals surface area contributed by atoms with E-state index in [1.807, 2.05) is 6.07 Å². The summed E-state index contributed by atoms with van der Waals surface area (Å²) in [6.45, 7) is 0. The van der Waals surface area contributed by atoms with Crippen LogP contribution in [0.4, 0.5) is 11.5 Å². The molecule has 0 aliphatic rings. The summed E-state index contributed by atoms with van der Waals surface area (Å²) in [6, 6.07) is 13.7. The van der Waals surface area contributed by atoms with Crippen LogP contribution in [0, 0.1) is 11.3 Å². The first-order valence-corrected chi connectivity index (χ1v) is 5.62. The number of aromatic nitrogens is 1. The second-order valence-electron chi connectivity index (χ2n) is 3.97. The number of hydrogen-bond donors (Lipinski definition) is 1. The van der Waals surface area contributed by atoms with Gasteiger partial charge in [0.25, 0.3) is 5.91 Å². The van der Waals surface area contributed by atoms with Crippen LogP contribution in [-0.2, 0) is 0 Å². The molecular formula is C14H12N4O. The first-order chi connectivity index (χ1) is 9.11. The number of nitrogen functional groups attached to an aromatic ring is 1. The monoisotopic (exact) mass is 252 g/mol. The van der Waals surface area contributed by atoms with Crippen LogP contribution in [0.3, 0.4) is 0 Å². The number of amides is 1. The Labute approximate surface area is 110 Å². The summed E-state index contributed by atoms with van der Waals surface area (Å²) in [5, 5.41) is 8.73. The lowest BCUT2D eigenvalue weighted by molar-refractivity contribution is 0.0988. The van der Waals surface area contributed by atoms with Crippen LogP contribution >= 0.6 is 0 Å². The minimum Gasteiger partial charge on any atom is -0.384 e. The third-order valence-electron chi connectivity index (χ3n) is 2.68. The average Bonchev–Trinajstić information content (AvgIpc) is 2.46. The maximum absolute atomic E-state index is 12.2. The average molecular weight is 252 g/mol. The molecule has 0 fully saturated rings. The normalized spacial score (nSPS) is 9.68. The Morgan fingerprint density at radius 1 is 1.26 bits per heavy atom. The fraction of sp³-hybridized carbons (Fsp3) is 0.0714. The molecule has 0 unspecified atom stereocenters. The molecule has 2 rings (SSSR count). The fourth-order valence-electron chi connectivity index (χ4n) is 1.62. The Bertz CT molecular complexity index is 643. The number of benzene rings is 1. The summed E-state index contributed by atoms with van der Waals surface area (Å²) >= 11 is 0. The van der Waals surface area contributed by atoms with E-state index >= 15 is 0 Å². The molecule has 2 N–H and O–H groups in total. The van der Waals surface area contributed by atoms with Crippen LogP contribution in [0.2, 0.25) is 0 Å². The first kappa shape index (κ1) is 12.6. The molecule has 0 radical (unpaired) electrons. The van der Waals surface area contributed by atoms with Crippen LogP contribution < -0.4 is 10.6 Å². The number of nitrogens with zero attached hydrogens (tertiary/aromatic N) is 3. The fourth-order valence-corrected chi connectivity index (χ4v) is 1.62. The van der Waals surface area contributed by atoms with Gasteiger partial charge in [0.1, 0.15) is 11.5 Å². The van der Waals surface area contributed by atoms with Crippen molar-refractivity contribution in [3.05, 3.63) is 53.7 Å². The Morgan fingerprint density at radius 2 is 1.95 bits per heavy atom. The maximum Gasteiger partial charge on any atom is 0.276 e. The third-order valence-corrected chi connectivity index (χ3v) is 2.68. The zero-order chi connectivity index (χ0) is 13.8. The molecule has 0 saturated carbocycles. The molecule has 0 atom stereocenters. The van der Waals surface area contributed by atoms with Crippen LogP contribution in [-0.4, -0.2) is 17.9 Å². The highest BCUT2D eigenvalue weighted by Crippen LogP contribution is 2.16. The van der Waals surface area contributed by atoms with Crippen molar-refractivity contribution in [1.82, 2.24) is 4.98 Å². The van der Waals surface area contributed by atoms with Gasteiger partial charge in [-0.2, -0.15) is 5.26 Å². The number of nitrogens with two attached hydrogens (primary N) is 1. The summed E-state index contributed by atoms with van der Waals surface area (Å²) in [5.74, 6) is 0.0519. The second kappa shape index (κ2) is 5.19. The van der Waals surface area contributed by atoms with E-state index in [9.17, 15) is 4.79 Å². The zero-order valence-corrected chi connectivity index (χ0v) is 10.4. The van der Waals surface area contributed by atoms with Crippen molar-refractivity contribution in [2.45, 2.75) is 0 Å². The van der Waals surface area contributed by atoms with E-state index in [1.165, 1.54) is 4.90 Å². The number of nitriles is 1. The standard InChI is InChI=1S/C14H12N4O/c1-18(11-7-5-10(9-15)6-8-11)14(19)12-3-2-4-13(16)17-12/h2-8H,1H3,(H2,16,17). The predicted octanol–water partition coefficient (Wildman–Crippen LogP) is 1.81. The topological polar surface area (TPSA) is 83.0 Å². The van der Waals surface area contributed by atoms with Crippen LogP contribution in [0.15, 0.2) is 42.5 Å². The largest absolute Gasteiger partial charge is 0.384 e. The Kier molecular flexibility index (Phi) is 3.44. The zero-order valence-electron chi connectivity index (χ0n) is 10.4. The van der Waals surface area contributed by atoms with Gasteiger partial charge < -0.3 is 10.6 Å². The lowest BCUT2D eigenvalue weighted by Crippen LogP contribution is -2.27. The van der Waals surface area contributed by atoms with E-state index in [2.05, 4.69) is 4.98 Å². The van der Waals surface area contributed by atoms with Crippen molar-refractivity contribution in [3.63, 3.8) is 0 Å². The number of anilines is 2. The van der Waals surface area contributed by atoms with Gasteiger partial charge in [0.2, 0.25) is 0 Å². The summed E-state index contributed by atoms with van der Waals surface area (Å²) < 4.78 is 0. The second-order valence-corrected chi connectivity index (χ2v) is 3.97. The molecule has 1 aromatic carbocycles. The van der Waals surface area contributed by atoms with Crippen LogP contribution in [0.25, 0.3) is 0 Å². The number of carbonyl (C=O) groups excluding carboxylic acids is 1. The molecule has 1 heterocycles. The summed E-state index contributed by atoms with van der Waals surface area (Å²) in [6.07, 6.45) is 0. The Morgan fingerprint density at radius 3 is 2.53 bits per heavy atom. The minimum absolute atomic E-state index is 0.253. The molecule has 5 heteroatoms. The third kappa shape index (κ3) is 2.69. The minimum atomic E-state index is -0.253. The van der Waals surface area contributed by atoms with Crippen molar-refractivity contribution in [3.8, 4) is 6.07 Å². The van der Waals surface area contributed by atoms with Gasteiger partial charge in [0, 0.05) is 12.7 Å². The molecule has 1 aromatic heterocycles. The Hall–Kier alpha value is -2.87. The smallest absolute Gasteiger partial charge is 0.276 e. The van der Waals surface area contributed by atoms with Crippen molar-refractivity contribution in [1.29, 1.82) is 5.26 Å². The van der Waals surface area contributed by atoms with E-state index in [0.29, 0.717) is 17.1 Å². The van der Waals surface area contributed by atoms with Crippen molar-refractivity contribution < 1.29 is 4.79 Å². The van der Waals surface area contributed by atoms with Gasteiger partial charge in [0.15, 0.2) is 0 Å². The highest BCUT2D eigenvalue weighted by molar-refractivity contribution is 6.04. The van der Waals surface area contributed by atoms with Crippen molar-refractivity contribution >= 4 is 17.4 Å². The molecule has 5 nitrogen and oxygen atoms in total. The molecule has 0 spiro atoms. The highest BCUT2D eigenvalue weighted by atomic mass is 16.2. The molecule has 0 aliphatic carbocycles. The number of rotatable bonds is 2. The number of pyridine rings is 1. The van der Waals surface area contributed by atoms with Gasteiger partial charge in [-0.3, -0.25) is 4.79 Å². The van der Waals surface area contributed by atoms with Gasteiger partial charge in [-0.1, -0.05) is 6.07 Å². The van der Waals surface area contributed by atoms with Gasteiger partial charge in [-0.15, -0.1) is 0 Å². The van der Waals surface area contributed by atoms with Crippen molar-refractivity contribution in [2.75, 3.05) is 17.7 Å². The van der Waals surface area contributed by atoms with E-state index in [1.54, 1.807) is 49.5 Å². The predicted molar refractivity (Wildman–Crippen MR) is 72.5 cm³/mol. The van der Waals surface area contributed by atoms with Crippen LogP contribution in [0.1, 0.15) is 16.1 Å². The molecule has 19 heavy (non-hydrogen) atoms. The van der Waals surface area contributed by atoms with E-state index in [4.69, 9.17) is 11.0 Å². The summed E-state index contributed by atoms with van der Waals surface area (Å²) in [5.41, 5.74) is 7.08. The Balaban J connectivity index is 2.26. The lowest BCUT2D eigenvalue weighted by Gasteiger charge is -2.16. The lowest BCUT2D eigenvalue weighted by atomic mass is 10.2. The first-order valence-electron chi connectivity index (χ1n) is 5.62. The molecular weight excluding hydrogens is 240 g/mol. The highest BCUT2D eigenvalue weighted by Gasteiger charge is 2.14. The molecule has 0 saturated heterocycles. The summed E-state index contributed by atoms with van der Waals surface area (Å²) in [4.78, 5) is 17.6. The molecule has 94 valence electrons. The van der Waals surface area contributed by atoms with E-state index in [-0.39, 0.29) is 11.6 Å². The molecule has 2 aromatic rings. The van der Waals surface area contributed by atoms with E-state index < -0.39 is 0 Å². The number of hydrogen-bond acceptors (Lipinski definition) is 4. The maximum atomic E-state index is 12.2. The van der Waals surface area contributed by atoms with Gasteiger partial charge in [-0.25, -0.2) is 4.98 Å².